The predicted octanol–water partition coefficient (Wildman–Crippen LogP) is 4.14. The first-order chi connectivity index (χ1) is 10.7. The molecule has 4 rings (SSSR count). The highest BCUT2D eigenvalue weighted by Gasteiger charge is 2.10. The van der Waals surface area contributed by atoms with Crippen molar-refractivity contribution in [2.24, 2.45) is 0 Å². The summed E-state index contributed by atoms with van der Waals surface area (Å²) in [4.78, 5) is 16.6. The lowest BCUT2D eigenvalue weighted by atomic mass is 10.2. The number of hydrogen-bond acceptors (Lipinski definition) is 4. The van der Waals surface area contributed by atoms with Gasteiger partial charge in [0.2, 0.25) is 0 Å². The van der Waals surface area contributed by atoms with Crippen molar-refractivity contribution in [2.45, 2.75) is 6.92 Å². The smallest absolute Gasteiger partial charge is 0.308 e. The average molecular weight is 308 g/mol. The predicted molar refractivity (Wildman–Crippen MR) is 87.3 cm³/mol. The maximum Gasteiger partial charge on any atom is 0.308 e. The van der Waals surface area contributed by atoms with Crippen LogP contribution in [0.15, 0.2) is 54.7 Å². The zero-order valence-electron chi connectivity index (χ0n) is 11.8. The van der Waals surface area contributed by atoms with Crippen LogP contribution in [0.25, 0.3) is 26.4 Å². The summed E-state index contributed by atoms with van der Waals surface area (Å²) in [7, 11) is 0. The quantitative estimate of drug-likeness (QED) is 0.413. The zero-order valence-corrected chi connectivity index (χ0v) is 12.6. The molecule has 0 saturated heterocycles. The molecule has 2 aromatic carbocycles. The van der Waals surface area contributed by atoms with Crippen molar-refractivity contribution in [2.75, 3.05) is 0 Å². The molecule has 4 aromatic rings. The monoisotopic (exact) mass is 308 g/mol. The second kappa shape index (κ2) is 4.96. The van der Waals surface area contributed by atoms with Crippen LogP contribution in [0.3, 0.4) is 0 Å². The Morgan fingerprint density at radius 1 is 1.14 bits per heavy atom. The van der Waals surface area contributed by atoms with E-state index < -0.39 is 0 Å². The molecule has 108 valence electrons. The summed E-state index contributed by atoms with van der Waals surface area (Å²) in [6.07, 6.45) is 2.04. The fraction of sp³-hybridized carbons (Fsp3) is 0.0588. The summed E-state index contributed by atoms with van der Waals surface area (Å²) in [6, 6.07) is 15.6. The molecular weight excluding hydrogens is 296 g/mol. The Kier molecular flexibility index (Phi) is 2.94. The second-order valence-electron chi connectivity index (χ2n) is 4.97. The van der Waals surface area contributed by atoms with Crippen LogP contribution in [0.4, 0.5) is 0 Å². The van der Waals surface area contributed by atoms with Crippen LogP contribution >= 0.6 is 11.3 Å². The number of hydrogen-bond donors (Lipinski definition) is 0. The van der Waals surface area contributed by atoms with Crippen LogP contribution in [0, 0.1) is 0 Å². The Hall–Kier alpha value is -2.66. The van der Waals surface area contributed by atoms with Gasteiger partial charge in [-0.3, -0.25) is 9.20 Å². The van der Waals surface area contributed by atoms with E-state index in [0.717, 1.165) is 21.7 Å². The fourth-order valence-electron chi connectivity index (χ4n) is 2.45. The Morgan fingerprint density at radius 2 is 1.91 bits per heavy atom. The van der Waals surface area contributed by atoms with Gasteiger partial charge in [0.15, 0.2) is 4.96 Å². The van der Waals surface area contributed by atoms with E-state index in [1.165, 1.54) is 11.6 Å². The third-order valence-electron chi connectivity index (χ3n) is 3.41. The third-order valence-corrected chi connectivity index (χ3v) is 4.45. The van der Waals surface area contributed by atoms with Gasteiger partial charge in [0, 0.05) is 18.7 Å². The molecule has 0 amide bonds. The van der Waals surface area contributed by atoms with Gasteiger partial charge < -0.3 is 4.74 Å². The van der Waals surface area contributed by atoms with Crippen molar-refractivity contribution >= 4 is 32.5 Å². The van der Waals surface area contributed by atoms with Crippen LogP contribution in [-0.4, -0.2) is 15.4 Å². The summed E-state index contributed by atoms with van der Waals surface area (Å²) >= 11 is 1.67. The summed E-state index contributed by atoms with van der Waals surface area (Å²) in [6.45, 7) is 1.39. The second-order valence-corrected chi connectivity index (χ2v) is 5.98. The minimum atomic E-state index is -0.318. The lowest BCUT2D eigenvalue weighted by Gasteiger charge is -2.01. The summed E-state index contributed by atoms with van der Waals surface area (Å²) < 4.78 is 8.37. The van der Waals surface area contributed by atoms with Crippen LogP contribution in [0.1, 0.15) is 6.92 Å². The number of carbonyl (C=O) groups excluding carboxylic acids is 1. The number of ether oxygens (including phenoxy) is 1. The number of rotatable bonds is 2. The molecule has 0 radical (unpaired) electrons. The highest BCUT2D eigenvalue weighted by molar-refractivity contribution is 7.23. The molecule has 0 spiro atoms. The SMILES string of the molecule is CC(=O)Oc1ccc(-c2cn3c(n2)sc2ccccc23)cc1. The molecule has 5 heteroatoms. The maximum atomic E-state index is 10.9. The van der Waals surface area contributed by atoms with Crippen LogP contribution in [0.5, 0.6) is 5.75 Å². The van der Waals surface area contributed by atoms with Gasteiger partial charge in [-0.25, -0.2) is 4.98 Å². The van der Waals surface area contributed by atoms with Crippen molar-refractivity contribution in [1.29, 1.82) is 0 Å². The maximum absolute atomic E-state index is 10.9. The Labute approximate surface area is 130 Å². The number of benzene rings is 2. The highest BCUT2D eigenvalue weighted by atomic mass is 32.1. The molecule has 0 aliphatic heterocycles. The molecule has 0 unspecified atom stereocenters. The van der Waals surface area contributed by atoms with E-state index in [2.05, 4.69) is 21.5 Å². The molecule has 0 N–H and O–H groups in total. The Bertz CT molecular complexity index is 983. The van der Waals surface area contributed by atoms with Gasteiger partial charge in [0.1, 0.15) is 5.75 Å². The van der Waals surface area contributed by atoms with Crippen LogP contribution in [0.2, 0.25) is 0 Å². The van der Waals surface area contributed by atoms with Gasteiger partial charge in [0.05, 0.1) is 15.9 Å². The van der Waals surface area contributed by atoms with E-state index in [1.54, 1.807) is 23.5 Å². The van der Waals surface area contributed by atoms with E-state index in [-0.39, 0.29) is 5.97 Å². The zero-order chi connectivity index (χ0) is 15.1. The normalized spacial score (nSPS) is 11.1. The molecule has 2 aromatic heterocycles. The molecular formula is C17H12N2O2S. The minimum absolute atomic E-state index is 0.318. The molecule has 2 heterocycles. The Morgan fingerprint density at radius 3 is 2.68 bits per heavy atom. The summed E-state index contributed by atoms with van der Waals surface area (Å²) in [5.41, 5.74) is 3.07. The first kappa shape index (κ1) is 13.0. The van der Waals surface area contributed by atoms with E-state index >= 15 is 0 Å². The minimum Gasteiger partial charge on any atom is -0.427 e. The fourth-order valence-corrected chi connectivity index (χ4v) is 3.46. The summed E-state index contributed by atoms with van der Waals surface area (Å²) in [5, 5.41) is 0. The molecule has 0 saturated carbocycles. The molecule has 0 aliphatic carbocycles. The molecule has 4 nitrogen and oxygen atoms in total. The van der Waals surface area contributed by atoms with E-state index in [1.807, 2.05) is 30.5 Å². The van der Waals surface area contributed by atoms with E-state index in [4.69, 9.17) is 4.74 Å². The molecule has 0 atom stereocenters. The van der Waals surface area contributed by atoms with Crippen LogP contribution in [-0.2, 0) is 4.79 Å². The standard InChI is InChI=1S/C17H12N2O2S/c1-11(20)21-13-8-6-12(7-9-13)14-10-19-15-4-2-3-5-16(15)22-17(19)18-14/h2-10H,1H3. The number of para-hydroxylation sites is 1. The van der Waals surface area contributed by atoms with Crippen LogP contribution < -0.4 is 4.74 Å². The van der Waals surface area contributed by atoms with Gasteiger partial charge in [-0.05, 0) is 36.4 Å². The van der Waals surface area contributed by atoms with Gasteiger partial charge >= 0.3 is 5.97 Å². The molecule has 22 heavy (non-hydrogen) atoms. The first-order valence-electron chi connectivity index (χ1n) is 6.86. The summed E-state index contributed by atoms with van der Waals surface area (Å²) in [5.74, 6) is 0.226. The molecule has 0 fully saturated rings. The topological polar surface area (TPSA) is 43.6 Å². The molecule has 0 bridgehead atoms. The number of thiazole rings is 1. The lowest BCUT2D eigenvalue weighted by molar-refractivity contribution is -0.131. The molecule has 0 aliphatic rings. The van der Waals surface area contributed by atoms with Crippen molar-refractivity contribution < 1.29 is 9.53 Å². The average Bonchev–Trinajstić information content (AvgIpc) is 3.05. The number of nitrogens with zero attached hydrogens (tertiary/aromatic N) is 2. The number of esters is 1. The van der Waals surface area contributed by atoms with Crippen molar-refractivity contribution in [3.05, 3.63) is 54.7 Å². The lowest BCUT2D eigenvalue weighted by Crippen LogP contribution is -2.00. The third kappa shape index (κ3) is 2.16. The van der Waals surface area contributed by atoms with Crippen molar-refractivity contribution in [3.63, 3.8) is 0 Å². The van der Waals surface area contributed by atoms with Gasteiger partial charge in [-0.2, -0.15) is 0 Å². The Balaban J connectivity index is 1.75. The van der Waals surface area contributed by atoms with Crippen molar-refractivity contribution in [3.8, 4) is 17.0 Å². The first-order valence-corrected chi connectivity index (χ1v) is 7.68. The number of imidazole rings is 1. The van der Waals surface area contributed by atoms with Gasteiger partial charge in [-0.1, -0.05) is 23.5 Å². The largest absolute Gasteiger partial charge is 0.427 e. The highest BCUT2D eigenvalue weighted by Crippen LogP contribution is 2.29. The van der Waals surface area contributed by atoms with E-state index in [9.17, 15) is 4.79 Å². The number of aromatic nitrogens is 2. The van der Waals surface area contributed by atoms with E-state index in [0.29, 0.717) is 5.75 Å². The van der Waals surface area contributed by atoms with Gasteiger partial charge in [-0.15, -0.1) is 0 Å². The number of fused-ring (bicyclic) bond motifs is 3. The van der Waals surface area contributed by atoms with Gasteiger partial charge in [0.25, 0.3) is 0 Å². The number of carbonyl (C=O) groups is 1. The van der Waals surface area contributed by atoms with Crippen molar-refractivity contribution in [1.82, 2.24) is 9.38 Å².